The highest BCUT2D eigenvalue weighted by atomic mass is 79.9. The number of benzene rings is 6. The van der Waals surface area contributed by atoms with Gasteiger partial charge in [0.05, 0.1) is 10.0 Å². The van der Waals surface area contributed by atoms with E-state index in [2.05, 4.69) is 123 Å². The highest BCUT2D eigenvalue weighted by Crippen LogP contribution is 2.36. The first-order valence-electron chi connectivity index (χ1n) is 12.8. The van der Waals surface area contributed by atoms with Crippen molar-refractivity contribution in [3.63, 3.8) is 0 Å². The first-order chi connectivity index (χ1) is 19.9. The molecule has 202 valence electrons. The molecule has 0 aliphatic carbocycles. The molecule has 0 fully saturated rings. The summed E-state index contributed by atoms with van der Waals surface area (Å²) in [6, 6.07) is 47.4. The Kier molecular flexibility index (Phi) is 10.0. The van der Waals surface area contributed by atoms with Crippen LogP contribution in [0.15, 0.2) is 148 Å². The molecule has 0 spiro atoms. The summed E-state index contributed by atoms with van der Waals surface area (Å²) >= 11 is 25.2. The Hall–Kier alpha value is -2.85. The molecule has 0 amide bonds. The van der Waals surface area contributed by atoms with Gasteiger partial charge in [0, 0.05) is 14.0 Å². The van der Waals surface area contributed by atoms with Crippen LogP contribution in [0, 0.1) is 0 Å². The van der Waals surface area contributed by atoms with Gasteiger partial charge in [0.25, 0.3) is 0 Å². The number of hydrogen-bond acceptors (Lipinski definition) is 0. The average Bonchev–Trinajstić information content (AvgIpc) is 3.00. The monoisotopic (exact) mass is 718 g/mol. The van der Waals surface area contributed by atoms with E-state index < -0.39 is 0 Å². The molecular weight excluding hydrogens is 699 g/mol. The van der Waals surface area contributed by atoms with E-state index in [1.807, 2.05) is 48.5 Å². The third-order valence-corrected chi connectivity index (χ3v) is 8.83. The van der Waals surface area contributed by atoms with E-state index in [0.29, 0.717) is 10.0 Å². The van der Waals surface area contributed by atoms with Crippen molar-refractivity contribution in [3.8, 4) is 44.5 Å². The smallest absolute Gasteiger partial charge is 0.0734 e. The summed E-state index contributed by atoms with van der Waals surface area (Å²) in [6.45, 7) is 0. The zero-order valence-corrected chi connectivity index (χ0v) is 27.1. The normalized spacial score (nSPS) is 10.6. The predicted octanol–water partition coefficient (Wildman–Crippen LogP) is 13.5. The molecular formula is C36H23Br2Cl3. The molecule has 0 bridgehead atoms. The van der Waals surface area contributed by atoms with Crippen LogP contribution in [0.25, 0.3) is 44.5 Å². The molecule has 41 heavy (non-hydrogen) atoms. The quantitative estimate of drug-likeness (QED) is 0.159. The maximum absolute atomic E-state index is 6.13. The molecule has 0 N–H and O–H groups in total. The van der Waals surface area contributed by atoms with Crippen LogP contribution >= 0.6 is 66.7 Å². The summed E-state index contributed by atoms with van der Waals surface area (Å²) in [4.78, 5) is 0. The second-order valence-corrected chi connectivity index (χ2v) is 12.3. The average molecular weight is 722 g/mol. The fourth-order valence-corrected chi connectivity index (χ4v) is 6.18. The third-order valence-electron chi connectivity index (χ3n) is 6.50. The van der Waals surface area contributed by atoms with Gasteiger partial charge in [-0.2, -0.15) is 0 Å². The van der Waals surface area contributed by atoms with E-state index in [-0.39, 0.29) is 0 Å². The van der Waals surface area contributed by atoms with Gasteiger partial charge in [-0.05, 0) is 90.8 Å². The molecule has 0 nitrogen and oxygen atoms in total. The molecule has 0 aromatic heterocycles. The predicted molar refractivity (Wildman–Crippen MR) is 185 cm³/mol. The molecule has 0 heterocycles. The van der Waals surface area contributed by atoms with Crippen molar-refractivity contribution in [2.24, 2.45) is 0 Å². The Morgan fingerprint density at radius 1 is 0.366 bits per heavy atom. The Labute approximate surface area is 272 Å². The molecule has 0 atom stereocenters. The van der Waals surface area contributed by atoms with Gasteiger partial charge in [-0.25, -0.2) is 0 Å². The Balaban J connectivity index is 0.000000165. The second-order valence-electron chi connectivity index (χ2n) is 9.30. The molecule has 6 rings (SSSR count). The zero-order chi connectivity index (χ0) is 28.8. The Bertz CT molecular complexity index is 1710. The van der Waals surface area contributed by atoms with Gasteiger partial charge < -0.3 is 0 Å². The fourth-order valence-electron chi connectivity index (χ4n) is 4.41. The summed E-state index contributed by atoms with van der Waals surface area (Å²) in [5.41, 5.74) is 9.27. The van der Waals surface area contributed by atoms with E-state index in [0.717, 1.165) is 36.2 Å². The summed E-state index contributed by atoms with van der Waals surface area (Å²) < 4.78 is 1.80. The highest BCUT2D eigenvalue weighted by Gasteiger charge is 2.08. The fraction of sp³-hybridized carbons (Fsp3) is 0. The molecule has 0 radical (unpaired) electrons. The van der Waals surface area contributed by atoms with Crippen LogP contribution in [0.3, 0.4) is 0 Å². The third kappa shape index (κ3) is 7.71. The lowest BCUT2D eigenvalue weighted by molar-refractivity contribution is 1.57. The van der Waals surface area contributed by atoms with Crippen LogP contribution in [-0.2, 0) is 0 Å². The van der Waals surface area contributed by atoms with Gasteiger partial charge >= 0.3 is 0 Å². The van der Waals surface area contributed by atoms with Crippen molar-refractivity contribution in [1.82, 2.24) is 0 Å². The second kappa shape index (κ2) is 13.9. The van der Waals surface area contributed by atoms with Gasteiger partial charge in [0.2, 0.25) is 0 Å². The first kappa shape index (κ1) is 29.6. The molecule has 6 aromatic carbocycles. The van der Waals surface area contributed by atoms with E-state index in [1.165, 1.54) is 22.3 Å². The van der Waals surface area contributed by atoms with Crippen molar-refractivity contribution in [2.45, 2.75) is 0 Å². The summed E-state index contributed by atoms with van der Waals surface area (Å²) in [7, 11) is 0. The molecule has 0 aliphatic heterocycles. The van der Waals surface area contributed by atoms with Crippen LogP contribution < -0.4 is 0 Å². The van der Waals surface area contributed by atoms with E-state index in [4.69, 9.17) is 34.8 Å². The zero-order valence-electron chi connectivity index (χ0n) is 21.7. The van der Waals surface area contributed by atoms with Crippen LogP contribution in [0.5, 0.6) is 0 Å². The van der Waals surface area contributed by atoms with Crippen molar-refractivity contribution in [2.75, 3.05) is 0 Å². The van der Waals surface area contributed by atoms with Crippen molar-refractivity contribution in [3.05, 3.63) is 164 Å². The standard InChI is InChI=1S/C18H11BrCl2.C18H12BrCl/c19-16-10-15(11-17(20)18(16)21)14-8-6-13(7-9-14)12-4-2-1-3-5-12;19-17-10-16(11-18(20)12-17)15-8-6-14(7-9-15)13-4-2-1-3-5-13/h1-11H;1-12H. The van der Waals surface area contributed by atoms with Crippen molar-refractivity contribution in [1.29, 1.82) is 0 Å². The maximum Gasteiger partial charge on any atom is 0.0734 e. The van der Waals surface area contributed by atoms with Gasteiger partial charge in [-0.1, -0.05) is 160 Å². The maximum atomic E-state index is 6.13. The molecule has 5 heteroatoms. The first-order valence-corrected chi connectivity index (χ1v) is 15.5. The lowest BCUT2D eigenvalue weighted by Gasteiger charge is -2.07. The number of hydrogen-bond donors (Lipinski definition) is 0. The molecule has 0 saturated heterocycles. The Morgan fingerprint density at radius 2 is 0.756 bits per heavy atom. The van der Waals surface area contributed by atoms with Gasteiger partial charge in [-0.15, -0.1) is 0 Å². The minimum Gasteiger partial charge on any atom is -0.0843 e. The van der Waals surface area contributed by atoms with E-state index in [1.54, 1.807) is 0 Å². The lowest BCUT2D eigenvalue weighted by atomic mass is 10.0. The highest BCUT2D eigenvalue weighted by molar-refractivity contribution is 9.10. The van der Waals surface area contributed by atoms with Gasteiger partial charge in [0.15, 0.2) is 0 Å². The molecule has 6 aromatic rings. The van der Waals surface area contributed by atoms with Crippen LogP contribution in [0.4, 0.5) is 0 Å². The van der Waals surface area contributed by atoms with E-state index in [9.17, 15) is 0 Å². The summed E-state index contributed by atoms with van der Waals surface area (Å²) in [6.07, 6.45) is 0. The molecule has 0 saturated carbocycles. The minimum absolute atomic E-state index is 0.543. The molecule has 0 aliphatic rings. The summed E-state index contributed by atoms with van der Waals surface area (Å²) in [5, 5.41) is 1.83. The SMILES string of the molecule is Clc1cc(-c2ccc(-c3ccccc3)cc2)cc(Br)c1Cl.Clc1cc(Br)cc(-c2ccc(-c3ccccc3)cc2)c1. The number of rotatable bonds is 4. The minimum atomic E-state index is 0.543. The Morgan fingerprint density at radius 3 is 1.17 bits per heavy atom. The van der Waals surface area contributed by atoms with Crippen molar-refractivity contribution < 1.29 is 0 Å². The number of halogens is 5. The van der Waals surface area contributed by atoms with Crippen LogP contribution in [0.2, 0.25) is 15.1 Å². The van der Waals surface area contributed by atoms with Crippen LogP contribution in [-0.4, -0.2) is 0 Å². The summed E-state index contributed by atoms with van der Waals surface area (Å²) in [5.74, 6) is 0. The van der Waals surface area contributed by atoms with Crippen LogP contribution in [0.1, 0.15) is 0 Å². The topological polar surface area (TPSA) is 0 Å². The lowest BCUT2D eigenvalue weighted by Crippen LogP contribution is -1.82. The van der Waals surface area contributed by atoms with E-state index >= 15 is 0 Å². The molecule has 0 unspecified atom stereocenters. The largest absolute Gasteiger partial charge is 0.0843 e. The van der Waals surface area contributed by atoms with Gasteiger partial charge in [0.1, 0.15) is 0 Å². The van der Waals surface area contributed by atoms with Gasteiger partial charge in [-0.3, -0.25) is 0 Å². The van der Waals surface area contributed by atoms with Crippen molar-refractivity contribution >= 4 is 66.7 Å².